The molecule has 0 radical (unpaired) electrons. The number of hydrogen-bond acceptors (Lipinski definition) is 8. The summed E-state index contributed by atoms with van der Waals surface area (Å²) in [6.45, 7) is 1.50. The van der Waals surface area contributed by atoms with Crippen molar-refractivity contribution in [1.82, 2.24) is 24.6 Å². The zero-order chi connectivity index (χ0) is 25.1. The third kappa shape index (κ3) is 6.21. The third-order valence-corrected chi connectivity index (χ3v) is 7.67. The van der Waals surface area contributed by atoms with Crippen LogP contribution in [0.1, 0.15) is 51.4 Å². The molecule has 35 heavy (non-hydrogen) atoms. The molecule has 1 atom stereocenters. The predicted octanol–water partition coefficient (Wildman–Crippen LogP) is 1.96. The SMILES string of the molecule is CN1CCC(C#N)(NC(=O)C(CC2CCCCC2)Nc2ncn3c(NS(C)(=O)=O)cncc23)CC1. The molecule has 2 aromatic rings. The molecule has 0 spiro atoms. The average molecular weight is 503 g/mol. The van der Waals surface area contributed by atoms with Gasteiger partial charge in [0, 0.05) is 13.1 Å². The smallest absolute Gasteiger partial charge is 0.243 e. The summed E-state index contributed by atoms with van der Waals surface area (Å²) in [6, 6.07) is 1.79. The Balaban J connectivity index is 1.58. The number of rotatable bonds is 8. The Morgan fingerprint density at radius 3 is 2.63 bits per heavy atom. The first-order valence-electron chi connectivity index (χ1n) is 12.2. The van der Waals surface area contributed by atoms with Gasteiger partial charge in [-0.05, 0) is 32.2 Å². The summed E-state index contributed by atoms with van der Waals surface area (Å²) < 4.78 is 27.5. The van der Waals surface area contributed by atoms with E-state index >= 15 is 0 Å². The maximum atomic E-state index is 13.6. The van der Waals surface area contributed by atoms with Crippen LogP contribution in [-0.4, -0.2) is 71.6 Å². The summed E-state index contributed by atoms with van der Waals surface area (Å²) in [4.78, 5) is 24.3. The second-order valence-corrected chi connectivity index (χ2v) is 11.7. The zero-order valence-electron chi connectivity index (χ0n) is 20.3. The molecule has 1 unspecified atom stereocenters. The third-order valence-electron chi connectivity index (χ3n) is 7.09. The lowest BCUT2D eigenvalue weighted by atomic mass is 9.84. The lowest BCUT2D eigenvalue weighted by Gasteiger charge is -2.37. The van der Waals surface area contributed by atoms with Gasteiger partial charge in [0.2, 0.25) is 15.9 Å². The van der Waals surface area contributed by atoms with Crippen molar-refractivity contribution < 1.29 is 13.2 Å². The lowest BCUT2D eigenvalue weighted by molar-refractivity contribution is -0.124. The number of imidazole rings is 1. The molecule has 11 nitrogen and oxygen atoms in total. The van der Waals surface area contributed by atoms with Gasteiger partial charge in [-0.2, -0.15) is 5.26 Å². The minimum Gasteiger partial charge on any atom is -0.357 e. The van der Waals surface area contributed by atoms with E-state index in [0.717, 1.165) is 45.0 Å². The number of anilines is 2. The van der Waals surface area contributed by atoms with Gasteiger partial charge in [0.15, 0.2) is 5.82 Å². The molecule has 4 rings (SSSR count). The number of carbonyl (C=O) groups is 1. The van der Waals surface area contributed by atoms with Gasteiger partial charge in [-0.1, -0.05) is 32.1 Å². The maximum absolute atomic E-state index is 13.6. The fraction of sp³-hybridized carbons (Fsp3) is 0.652. The second-order valence-electron chi connectivity index (χ2n) is 9.94. The van der Waals surface area contributed by atoms with E-state index < -0.39 is 21.6 Å². The standard InChI is InChI=1S/C23H34N8O3S/c1-30-10-8-23(15-24,9-11-30)28-22(32)18(12-17-6-4-3-5-7-17)27-21-19-13-25-14-20(29-35(2,33)34)31(19)16-26-21/h13-14,16-18,27,29H,3-12H2,1-2H3,(H,28,32). The van der Waals surface area contributed by atoms with Crippen LogP contribution in [0.2, 0.25) is 0 Å². The van der Waals surface area contributed by atoms with Gasteiger partial charge in [-0.15, -0.1) is 0 Å². The number of fused-ring (bicyclic) bond motifs is 1. The van der Waals surface area contributed by atoms with Gasteiger partial charge in [0.1, 0.15) is 29.2 Å². The monoisotopic (exact) mass is 502 g/mol. The van der Waals surface area contributed by atoms with E-state index in [1.54, 1.807) is 10.6 Å². The molecule has 1 amide bonds. The summed E-state index contributed by atoms with van der Waals surface area (Å²) in [6.07, 6.45) is 13.0. The van der Waals surface area contributed by atoms with E-state index in [1.165, 1.54) is 18.9 Å². The summed E-state index contributed by atoms with van der Waals surface area (Å²) in [5.74, 6) is 0.909. The van der Waals surface area contributed by atoms with Crippen LogP contribution in [0.5, 0.6) is 0 Å². The number of likely N-dealkylation sites (tertiary alicyclic amines) is 1. The summed E-state index contributed by atoms with van der Waals surface area (Å²) in [5, 5.41) is 16.3. The molecular formula is C23H34N8O3S. The van der Waals surface area contributed by atoms with E-state index in [9.17, 15) is 18.5 Å². The van der Waals surface area contributed by atoms with Gasteiger partial charge in [-0.3, -0.25) is 18.9 Å². The van der Waals surface area contributed by atoms with Crippen LogP contribution in [-0.2, 0) is 14.8 Å². The normalized spacial score (nSPS) is 20.1. The van der Waals surface area contributed by atoms with Crippen LogP contribution in [0.3, 0.4) is 0 Å². The van der Waals surface area contributed by atoms with Crippen LogP contribution in [0.4, 0.5) is 11.6 Å². The number of amides is 1. The molecule has 12 heteroatoms. The average Bonchev–Trinajstić information content (AvgIpc) is 3.24. The zero-order valence-corrected chi connectivity index (χ0v) is 21.1. The van der Waals surface area contributed by atoms with Crippen molar-refractivity contribution in [3.05, 3.63) is 18.7 Å². The number of nitrogens with zero attached hydrogens (tertiary/aromatic N) is 5. The molecule has 3 heterocycles. The largest absolute Gasteiger partial charge is 0.357 e. The van der Waals surface area contributed by atoms with E-state index in [0.29, 0.717) is 36.5 Å². The van der Waals surface area contributed by atoms with E-state index in [2.05, 4.69) is 36.3 Å². The number of aromatic nitrogens is 3. The Morgan fingerprint density at radius 2 is 1.97 bits per heavy atom. The van der Waals surface area contributed by atoms with Crippen LogP contribution < -0.4 is 15.4 Å². The van der Waals surface area contributed by atoms with Crippen molar-refractivity contribution in [2.75, 3.05) is 36.4 Å². The highest BCUT2D eigenvalue weighted by molar-refractivity contribution is 7.92. The van der Waals surface area contributed by atoms with Gasteiger partial charge < -0.3 is 15.5 Å². The molecule has 2 aliphatic rings. The van der Waals surface area contributed by atoms with Crippen molar-refractivity contribution in [3.63, 3.8) is 0 Å². The minimum absolute atomic E-state index is 0.207. The van der Waals surface area contributed by atoms with Gasteiger partial charge in [0.25, 0.3) is 0 Å². The number of hydrogen-bond donors (Lipinski definition) is 3. The van der Waals surface area contributed by atoms with Crippen molar-refractivity contribution in [2.24, 2.45) is 5.92 Å². The fourth-order valence-corrected chi connectivity index (χ4v) is 5.56. The Bertz CT molecular complexity index is 1190. The summed E-state index contributed by atoms with van der Waals surface area (Å²) >= 11 is 0. The number of carbonyl (C=O) groups excluding carboxylic acids is 1. The first kappa shape index (κ1) is 25.2. The van der Waals surface area contributed by atoms with Crippen molar-refractivity contribution in [1.29, 1.82) is 5.26 Å². The first-order valence-corrected chi connectivity index (χ1v) is 14.0. The quantitative estimate of drug-likeness (QED) is 0.497. The van der Waals surface area contributed by atoms with Crippen molar-refractivity contribution in [3.8, 4) is 6.07 Å². The molecule has 190 valence electrons. The van der Waals surface area contributed by atoms with E-state index in [-0.39, 0.29) is 11.7 Å². The molecule has 2 fully saturated rings. The van der Waals surface area contributed by atoms with Crippen LogP contribution >= 0.6 is 0 Å². The minimum atomic E-state index is -3.50. The van der Waals surface area contributed by atoms with Crippen LogP contribution in [0.15, 0.2) is 18.7 Å². The topological polar surface area (TPSA) is 145 Å². The number of piperidine rings is 1. The Kier molecular flexibility index (Phi) is 7.47. The molecule has 3 N–H and O–H groups in total. The predicted molar refractivity (Wildman–Crippen MR) is 133 cm³/mol. The van der Waals surface area contributed by atoms with Gasteiger partial charge >= 0.3 is 0 Å². The number of sulfonamides is 1. The fourth-order valence-electron chi connectivity index (χ4n) is 5.03. The molecule has 1 saturated carbocycles. The lowest BCUT2D eigenvalue weighted by Crippen LogP contribution is -2.57. The van der Waals surface area contributed by atoms with Gasteiger partial charge in [0.05, 0.1) is 24.7 Å². The van der Waals surface area contributed by atoms with Crippen LogP contribution in [0, 0.1) is 17.2 Å². The molecule has 1 aliphatic heterocycles. The first-order chi connectivity index (χ1) is 16.7. The number of nitrogens with one attached hydrogen (secondary N) is 3. The summed E-state index contributed by atoms with van der Waals surface area (Å²) in [5.41, 5.74) is -0.324. The van der Waals surface area contributed by atoms with Gasteiger partial charge in [-0.25, -0.2) is 13.4 Å². The highest BCUT2D eigenvalue weighted by atomic mass is 32.2. The molecular weight excluding hydrogens is 468 g/mol. The molecule has 0 bridgehead atoms. The molecule has 1 saturated heterocycles. The van der Waals surface area contributed by atoms with Crippen molar-refractivity contribution >= 4 is 33.1 Å². The van der Waals surface area contributed by atoms with Crippen LogP contribution in [0.25, 0.3) is 5.52 Å². The van der Waals surface area contributed by atoms with E-state index in [4.69, 9.17) is 0 Å². The summed E-state index contributed by atoms with van der Waals surface area (Å²) in [7, 11) is -1.49. The Morgan fingerprint density at radius 1 is 1.26 bits per heavy atom. The maximum Gasteiger partial charge on any atom is 0.243 e. The highest BCUT2D eigenvalue weighted by Crippen LogP contribution is 2.30. The second kappa shape index (κ2) is 10.4. The van der Waals surface area contributed by atoms with E-state index in [1.807, 2.05) is 7.05 Å². The number of nitriles is 1. The Hall–Kier alpha value is -2.91. The molecule has 1 aliphatic carbocycles. The molecule has 0 aromatic carbocycles. The highest BCUT2D eigenvalue weighted by Gasteiger charge is 2.37. The Labute approximate surface area is 206 Å². The van der Waals surface area contributed by atoms with Crippen molar-refractivity contribution in [2.45, 2.75) is 62.9 Å². The molecule has 2 aromatic heterocycles.